The van der Waals surface area contributed by atoms with Crippen LogP contribution in [0.1, 0.15) is 20.8 Å². The SMILES string of the molecule is CC1(C)O[P+](=O)O1.CCOC(N)CO. The molecule has 14 heavy (non-hydrogen) atoms. The maximum Gasteiger partial charge on any atom is 0.703 e. The molecule has 0 radical (unpaired) electrons. The van der Waals surface area contributed by atoms with Crippen LogP contribution in [0.25, 0.3) is 0 Å². The Hall–Kier alpha value is -0.100. The number of aliphatic hydroxyl groups excluding tert-OH is 1. The van der Waals surface area contributed by atoms with Gasteiger partial charge in [0.15, 0.2) is 0 Å². The number of rotatable bonds is 3. The van der Waals surface area contributed by atoms with E-state index >= 15 is 0 Å². The summed E-state index contributed by atoms with van der Waals surface area (Å²) < 4.78 is 24.0. The summed E-state index contributed by atoms with van der Waals surface area (Å²) in [5.41, 5.74) is 5.11. The maximum absolute atomic E-state index is 10.0. The van der Waals surface area contributed by atoms with Crippen LogP contribution in [0.2, 0.25) is 0 Å². The second-order valence-corrected chi connectivity index (χ2v) is 3.79. The first kappa shape index (κ1) is 13.9. The molecule has 84 valence electrons. The lowest BCUT2D eigenvalue weighted by molar-refractivity contribution is -0.157. The number of hydrogen-bond acceptors (Lipinski definition) is 6. The average Bonchev–Trinajstić information content (AvgIpc) is 2.02. The van der Waals surface area contributed by atoms with Crippen LogP contribution in [-0.2, 0) is 18.3 Å². The van der Waals surface area contributed by atoms with Crippen LogP contribution in [0.15, 0.2) is 0 Å². The third kappa shape index (κ3) is 6.37. The van der Waals surface area contributed by atoms with Crippen LogP contribution in [-0.4, -0.2) is 30.3 Å². The molecule has 0 saturated carbocycles. The lowest BCUT2D eigenvalue weighted by Gasteiger charge is -2.16. The molecule has 0 amide bonds. The zero-order chi connectivity index (χ0) is 11.2. The van der Waals surface area contributed by atoms with E-state index in [1.165, 1.54) is 0 Å². The van der Waals surface area contributed by atoms with Crippen LogP contribution in [0, 0.1) is 0 Å². The summed E-state index contributed by atoms with van der Waals surface area (Å²) in [7, 11) is -1.76. The summed E-state index contributed by atoms with van der Waals surface area (Å²) in [6.07, 6.45) is -0.495. The Morgan fingerprint density at radius 2 is 2.07 bits per heavy atom. The van der Waals surface area contributed by atoms with Crippen molar-refractivity contribution in [1.29, 1.82) is 0 Å². The molecular weight excluding hydrogens is 209 g/mol. The maximum atomic E-state index is 10.0. The lowest BCUT2D eigenvalue weighted by Crippen LogP contribution is -2.30. The molecule has 0 aromatic heterocycles. The Bertz CT molecular complexity index is 177. The molecule has 0 bridgehead atoms. The fourth-order valence-corrected chi connectivity index (χ4v) is 1.36. The minimum absolute atomic E-state index is 0.103. The van der Waals surface area contributed by atoms with Crippen molar-refractivity contribution in [3.63, 3.8) is 0 Å². The summed E-state index contributed by atoms with van der Waals surface area (Å²) in [4.78, 5) is 0. The molecule has 1 aliphatic rings. The van der Waals surface area contributed by atoms with Gasteiger partial charge < -0.3 is 15.6 Å². The van der Waals surface area contributed by atoms with E-state index in [0.717, 1.165) is 0 Å². The average molecular weight is 226 g/mol. The molecule has 1 heterocycles. The fraction of sp³-hybridized carbons (Fsp3) is 1.00. The molecule has 1 unspecified atom stereocenters. The van der Waals surface area contributed by atoms with Gasteiger partial charge >= 0.3 is 8.25 Å². The molecule has 1 rings (SSSR count). The van der Waals surface area contributed by atoms with Gasteiger partial charge in [-0.2, -0.15) is 0 Å². The molecule has 1 fully saturated rings. The number of hydrogen-bond donors (Lipinski definition) is 2. The second kappa shape index (κ2) is 6.40. The van der Waals surface area contributed by atoms with E-state index in [-0.39, 0.29) is 6.61 Å². The zero-order valence-corrected chi connectivity index (χ0v) is 9.49. The van der Waals surface area contributed by atoms with Crippen LogP contribution in [0.3, 0.4) is 0 Å². The van der Waals surface area contributed by atoms with Crippen molar-refractivity contribution in [3.8, 4) is 0 Å². The molecule has 0 aromatic rings. The molecule has 0 spiro atoms. The third-order valence-corrected chi connectivity index (χ3v) is 2.33. The summed E-state index contributed by atoms with van der Waals surface area (Å²) in [6, 6.07) is 0. The molecule has 0 aliphatic carbocycles. The number of aliphatic hydroxyl groups is 1. The Morgan fingerprint density at radius 3 is 2.14 bits per heavy atom. The van der Waals surface area contributed by atoms with Gasteiger partial charge in [-0.15, -0.1) is 0 Å². The minimum Gasteiger partial charge on any atom is -0.392 e. The highest BCUT2D eigenvalue weighted by atomic mass is 31.1. The van der Waals surface area contributed by atoms with Gasteiger partial charge in [0.1, 0.15) is 6.23 Å². The highest BCUT2D eigenvalue weighted by Crippen LogP contribution is 2.46. The Balaban J connectivity index is 0.000000241. The minimum atomic E-state index is -1.76. The molecule has 3 N–H and O–H groups in total. The quantitative estimate of drug-likeness (QED) is 0.544. The van der Waals surface area contributed by atoms with Crippen molar-refractivity contribution in [3.05, 3.63) is 0 Å². The van der Waals surface area contributed by atoms with E-state index < -0.39 is 20.3 Å². The van der Waals surface area contributed by atoms with E-state index in [9.17, 15) is 4.57 Å². The molecular formula is C7H17NO5P+. The molecule has 1 atom stereocenters. The van der Waals surface area contributed by atoms with Gasteiger partial charge in [-0.3, -0.25) is 0 Å². The van der Waals surface area contributed by atoms with E-state index in [1.807, 2.05) is 6.92 Å². The van der Waals surface area contributed by atoms with Crippen molar-refractivity contribution in [2.75, 3.05) is 13.2 Å². The predicted molar refractivity (Wildman–Crippen MR) is 50.5 cm³/mol. The predicted octanol–water partition coefficient (Wildman–Crippen LogP) is 0.727. The van der Waals surface area contributed by atoms with Crippen molar-refractivity contribution in [2.45, 2.75) is 32.8 Å². The molecule has 1 saturated heterocycles. The first-order valence-corrected chi connectivity index (χ1v) is 5.34. The van der Waals surface area contributed by atoms with E-state index in [0.29, 0.717) is 6.61 Å². The number of nitrogens with two attached hydrogens (primary N) is 1. The second-order valence-electron chi connectivity index (χ2n) is 2.98. The topological polar surface area (TPSA) is 91.0 Å². The van der Waals surface area contributed by atoms with E-state index in [2.05, 4.69) is 9.05 Å². The third-order valence-electron chi connectivity index (χ3n) is 1.15. The molecule has 0 aromatic carbocycles. The standard InChI is InChI=1S/C4H11NO2.C3H6O3P/c1-2-7-4(5)3-6;1-3(2)5-7(4)6-3/h4,6H,2-3,5H2,1H3;1-2H3/q;+1. The van der Waals surface area contributed by atoms with Crippen molar-refractivity contribution >= 4 is 8.25 Å². The van der Waals surface area contributed by atoms with Crippen LogP contribution in [0.4, 0.5) is 0 Å². The van der Waals surface area contributed by atoms with Crippen LogP contribution in [0.5, 0.6) is 0 Å². The van der Waals surface area contributed by atoms with Crippen molar-refractivity contribution in [2.24, 2.45) is 5.73 Å². The highest BCUT2D eigenvalue weighted by molar-refractivity contribution is 7.34. The first-order valence-electron chi connectivity index (χ1n) is 4.25. The Kier molecular flexibility index (Phi) is 6.35. The lowest BCUT2D eigenvalue weighted by atomic mass is 10.4. The Labute approximate surface area is 84.3 Å². The van der Waals surface area contributed by atoms with Crippen LogP contribution >= 0.6 is 8.25 Å². The molecule has 6 nitrogen and oxygen atoms in total. The normalized spacial score (nSPS) is 20.5. The van der Waals surface area contributed by atoms with Gasteiger partial charge in [0, 0.05) is 11.2 Å². The smallest absolute Gasteiger partial charge is 0.392 e. The first-order chi connectivity index (χ1) is 6.41. The van der Waals surface area contributed by atoms with Gasteiger partial charge in [0.25, 0.3) is 5.79 Å². The molecule has 1 aliphatic heterocycles. The largest absolute Gasteiger partial charge is 0.703 e. The monoisotopic (exact) mass is 226 g/mol. The van der Waals surface area contributed by atoms with E-state index in [4.69, 9.17) is 15.6 Å². The number of ether oxygens (including phenoxy) is 1. The summed E-state index contributed by atoms with van der Waals surface area (Å²) >= 11 is 0. The molecule has 7 heteroatoms. The summed E-state index contributed by atoms with van der Waals surface area (Å²) in [6.45, 7) is 5.71. The van der Waals surface area contributed by atoms with Crippen molar-refractivity contribution < 1.29 is 23.5 Å². The van der Waals surface area contributed by atoms with E-state index in [1.54, 1.807) is 13.8 Å². The Morgan fingerprint density at radius 1 is 1.57 bits per heavy atom. The zero-order valence-electron chi connectivity index (χ0n) is 8.60. The fourth-order valence-electron chi connectivity index (χ4n) is 0.633. The highest BCUT2D eigenvalue weighted by Gasteiger charge is 2.53. The van der Waals surface area contributed by atoms with Crippen molar-refractivity contribution in [1.82, 2.24) is 0 Å². The van der Waals surface area contributed by atoms with Gasteiger partial charge in [-0.1, -0.05) is 9.05 Å². The van der Waals surface area contributed by atoms with Gasteiger partial charge in [-0.05, 0) is 20.8 Å². The summed E-state index contributed by atoms with van der Waals surface area (Å²) in [5, 5.41) is 8.22. The summed E-state index contributed by atoms with van der Waals surface area (Å²) in [5.74, 6) is -0.590. The van der Waals surface area contributed by atoms with Gasteiger partial charge in [0.05, 0.1) is 6.61 Å². The van der Waals surface area contributed by atoms with Gasteiger partial charge in [0.2, 0.25) is 0 Å². The van der Waals surface area contributed by atoms with Gasteiger partial charge in [-0.25, -0.2) is 0 Å². The van der Waals surface area contributed by atoms with Crippen LogP contribution < -0.4 is 5.73 Å².